The van der Waals surface area contributed by atoms with Gasteiger partial charge >= 0.3 is 0 Å². The first-order valence-corrected chi connectivity index (χ1v) is 17.4. The molecule has 11 heteroatoms. The summed E-state index contributed by atoms with van der Waals surface area (Å²) in [4.78, 5) is -7.88. The van der Waals surface area contributed by atoms with Gasteiger partial charge in [0.15, 0.2) is 0 Å². The number of hydrogen-bond donors (Lipinski definition) is 4. The molecule has 1 aliphatic heterocycles. The van der Waals surface area contributed by atoms with Gasteiger partial charge in [-0.1, -0.05) is 84.9 Å². The second-order valence-electron chi connectivity index (χ2n) is 11.1. The summed E-state index contributed by atoms with van der Waals surface area (Å²) in [5, 5.41) is 34.8. The fourth-order valence-corrected chi connectivity index (χ4v) is 11.3. The molecule has 0 aliphatic carbocycles. The number of hydrogen-bond acceptors (Lipinski definition) is 9. The number of aliphatic hydroxyl groups is 3. The van der Waals surface area contributed by atoms with Crippen LogP contribution in [0.2, 0.25) is 0 Å². The summed E-state index contributed by atoms with van der Waals surface area (Å²) in [6, 6.07) is 27.2. The van der Waals surface area contributed by atoms with E-state index in [-0.39, 0.29) is 28.9 Å². The van der Waals surface area contributed by atoms with Crippen molar-refractivity contribution in [3.05, 3.63) is 130 Å². The number of aryl methyl sites for hydroxylation is 2. The molecule has 1 heterocycles. The van der Waals surface area contributed by atoms with Gasteiger partial charge in [0, 0.05) is 0 Å². The Morgan fingerprint density at radius 3 is 1.50 bits per heavy atom. The zero-order valence-electron chi connectivity index (χ0n) is 24.2. The van der Waals surface area contributed by atoms with Crippen LogP contribution in [0.1, 0.15) is 33.4 Å². The second-order valence-corrected chi connectivity index (χ2v) is 15.7. The number of benzene rings is 4. The molecule has 0 spiro atoms. The highest BCUT2D eigenvalue weighted by molar-refractivity contribution is 7.97. The molecule has 0 unspecified atom stereocenters. The van der Waals surface area contributed by atoms with Crippen LogP contribution < -0.4 is 0 Å². The first-order chi connectivity index (χ1) is 20.8. The van der Waals surface area contributed by atoms with Gasteiger partial charge in [0.25, 0.3) is 4.93 Å². The van der Waals surface area contributed by atoms with E-state index in [2.05, 4.69) is 12.6 Å². The molecule has 44 heavy (non-hydrogen) atoms. The van der Waals surface area contributed by atoms with Crippen LogP contribution in [0.3, 0.4) is 0 Å². The molecule has 1 fully saturated rings. The Bertz CT molecular complexity index is 1880. The summed E-state index contributed by atoms with van der Waals surface area (Å²) in [7, 11) is -10.4. The van der Waals surface area contributed by atoms with Gasteiger partial charge in [0.2, 0.25) is 24.6 Å². The van der Waals surface area contributed by atoms with Crippen LogP contribution in [-0.4, -0.2) is 60.2 Å². The number of aliphatic hydroxyl groups excluding tert-OH is 1. The SMILES string of the molecule is Cc1ccc(Cc2ccccc2)c(S(=O)(=O)[C@]2(O)[C@H](S)O[C@H](CO)[C@@]2(O)S(=O)(=O)c2cc(C)ccc2Cc2ccccc2)c1. The molecule has 0 saturated carbocycles. The van der Waals surface area contributed by atoms with Crippen LogP contribution >= 0.6 is 12.6 Å². The molecule has 0 bridgehead atoms. The minimum absolute atomic E-state index is 0.130. The van der Waals surface area contributed by atoms with Crippen molar-refractivity contribution >= 4 is 32.3 Å². The lowest BCUT2D eigenvalue weighted by atomic mass is 10.0. The highest BCUT2D eigenvalue weighted by atomic mass is 32.2. The van der Waals surface area contributed by atoms with E-state index in [1.54, 1.807) is 86.6 Å². The summed E-state index contributed by atoms with van der Waals surface area (Å²) in [6.07, 6.45) is -1.79. The molecule has 0 aromatic heterocycles. The maximum atomic E-state index is 14.7. The normalized spacial score (nSPS) is 24.0. The first-order valence-electron chi connectivity index (χ1n) is 13.9. The van der Waals surface area contributed by atoms with Crippen molar-refractivity contribution in [2.45, 2.75) is 57.9 Å². The van der Waals surface area contributed by atoms with E-state index in [0.717, 1.165) is 11.1 Å². The van der Waals surface area contributed by atoms with Crippen molar-refractivity contribution < 1.29 is 36.9 Å². The minimum atomic E-state index is -5.19. The Morgan fingerprint density at radius 1 is 0.682 bits per heavy atom. The third-order valence-electron chi connectivity index (χ3n) is 8.06. The third kappa shape index (κ3) is 5.20. The molecule has 4 aromatic rings. The Hall–Kier alpha value is -3.03. The molecule has 1 saturated heterocycles. The van der Waals surface area contributed by atoms with Crippen molar-refractivity contribution in [3.8, 4) is 0 Å². The molecule has 232 valence electrons. The predicted octanol–water partition coefficient (Wildman–Crippen LogP) is 3.76. The summed E-state index contributed by atoms with van der Waals surface area (Å²) < 4.78 is 64.1. The smallest absolute Gasteiger partial charge is 0.252 e. The quantitative estimate of drug-likeness (QED) is 0.200. The molecule has 3 N–H and O–H groups in total. The Labute approximate surface area is 263 Å². The highest BCUT2D eigenvalue weighted by Crippen LogP contribution is 2.52. The Balaban J connectivity index is 1.72. The fraction of sp³-hybridized carbons (Fsp3) is 0.273. The zero-order valence-corrected chi connectivity index (χ0v) is 26.7. The first kappa shape index (κ1) is 32.4. The van der Waals surface area contributed by atoms with Crippen molar-refractivity contribution in [2.75, 3.05) is 6.61 Å². The molecule has 8 nitrogen and oxygen atoms in total. The van der Waals surface area contributed by atoms with Crippen LogP contribution in [0, 0.1) is 13.8 Å². The molecule has 4 aromatic carbocycles. The van der Waals surface area contributed by atoms with Gasteiger partial charge in [-0.25, -0.2) is 16.8 Å². The monoisotopic (exact) mass is 654 g/mol. The molecular formula is C33H34O8S3. The number of thiol groups is 1. The molecule has 4 atom stereocenters. The summed E-state index contributed by atoms with van der Waals surface area (Å²) in [6.45, 7) is 2.19. The van der Waals surface area contributed by atoms with E-state index < -0.39 is 52.6 Å². The van der Waals surface area contributed by atoms with Gasteiger partial charge in [-0.05, 0) is 72.2 Å². The van der Waals surface area contributed by atoms with Crippen LogP contribution in [0.5, 0.6) is 0 Å². The Kier molecular flexibility index (Phi) is 8.87. The molecule has 0 amide bonds. The van der Waals surface area contributed by atoms with Crippen LogP contribution in [0.4, 0.5) is 0 Å². The summed E-state index contributed by atoms with van der Waals surface area (Å²) in [5.41, 5.74) is 1.05. The van der Waals surface area contributed by atoms with E-state index >= 15 is 0 Å². The van der Waals surface area contributed by atoms with Crippen LogP contribution in [0.15, 0.2) is 107 Å². The molecule has 0 radical (unpaired) electrons. The van der Waals surface area contributed by atoms with E-state index in [1.807, 2.05) is 12.1 Å². The average molecular weight is 655 g/mol. The van der Waals surface area contributed by atoms with E-state index in [9.17, 15) is 32.2 Å². The molecule has 1 aliphatic rings. The van der Waals surface area contributed by atoms with Gasteiger partial charge in [-0.3, -0.25) is 0 Å². The number of ether oxygens (including phenoxy) is 1. The van der Waals surface area contributed by atoms with Gasteiger partial charge in [-0.15, -0.1) is 12.6 Å². The molecular weight excluding hydrogens is 621 g/mol. The van der Waals surface area contributed by atoms with Crippen LogP contribution in [0.25, 0.3) is 0 Å². The highest BCUT2D eigenvalue weighted by Gasteiger charge is 2.78. The lowest BCUT2D eigenvalue weighted by molar-refractivity contribution is -0.0474. The topological polar surface area (TPSA) is 138 Å². The van der Waals surface area contributed by atoms with Crippen LogP contribution in [-0.2, 0) is 37.3 Å². The van der Waals surface area contributed by atoms with Crippen molar-refractivity contribution in [1.29, 1.82) is 0 Å². The third-order valence-corrected chi connectivity index (χ3v) is 13.5. The van der Waals surface area contributed by atoms with Crippen molar-refractivity contribution in [2.24, 2.45) is 0 Å². The molecule has 5 rings (SSSR count). The van der Waals surface area contributed by atoms with Gasteiger partial charge < -0.3 is 20.1 Å². The largest absolute Gasteiger partial charge is 0.394 e. The minimum Gasteiger partial charge on any atom is -0.394 e. The lowest BCUT2D eigenvalue weighted by Crippen LogP contribution is -2.67. The Morgan fingerprint density at radius 2 is 1.09 bits per heavy atom. The second kappa shape index (κ2) is 12.1. The van der Waals surface area contributed by atoms with E-state index in [1.165, 1.54) is 12.1 Å². The number of rotatable bonds is 9. The zero-order chi connectivity index (χ0) is 31.9. The van der Waals surface area contributed by atoms with Gasteiger partial charge in [0.05, 0.1) is 16.4 Å². The van der Waals surface area contributed by atoms with Crippen molar-refractivity contribution in [3.63, 3.8) is 0 Å². The number of sulfone groups is 2. The standard InChI is InChI=1S/C33H34O8S3/c1-22-13-15-26(19-24-9-5-3-6-10-24)28(17-22)43(37,38)32(35)30(21-34)41-31(42)33(32,36)44(39,40)29-18-23(2)14-16-27(29)20-25-11-7-4-8-12-25/h3-18,30-31,34-36,42H,19-21H2,1-2H3/t30-,31+,32-,33-/m1/s1. The maximum Gasteiger partial charge on any atom is 0.252 e. The van der Waals surface area contributed by atoms with E-state index in [4.69, 9.17) is 4.74 Å². The van der Waals surface area contributed by atoms with Gasteiger partial charge in [0.1, 0.15) is 11.5 Å². The van der Waals surface area contributed by atoms with E-state index in [0.29, 0.717) is 11.1 Å². The van der Waals surface area contributed by atoms with Gasteiger partial charge in [-0.2, -0.15) is 0 Å². The predicted molar refractivity (Wildman–Crippen MR) is 170 cm³/mol. The summed E-state index contributed by atoms with van der Waals surface area (Å²) in [5.74, 6) is 0. The van der Waals surface area contributed by atoms with Crippen molar-refractivity contribution in [1.82, 2.24) is 0 Å². The fourth-order valence-electron chi connectivity index (χ4n) is 5.69. The maximum absolute atomic E-state index is 14.7. The summed E-state index contributed by atoms with van der Waals surface area (Å²) >= 11 is 4.19. The lowest BCUT2D eigenvalue weighted by Gasteiger charge is -2.39. The average Bonchev–Trinajstić information content (AvgIpc) is 3.22.